The lowest BCUT2D eigenvalue weighted by Gasteiger charge is -2.43. The van der Waals surface area contributed by atoms with Crippen molar-refractivity contribution in [2.75, 3.05) is 13.6 Å². The molecular weight excluding hydrogens is 256 g/mol. The second-order valence-electron chi connectivity index (χ2n) is 6.85. The lowest BCUT2D eigenvalue weighted by Crippen LogP contribution is -2.53. The van der Waals surface area contributed by atoms with Gasteiger partial charge in [0.15, 0.2) is 0 Å². The van der Waals surface area contributed by atoms with E-state index in [0.29, 0.717) is 6.04 Å². The Labute approximate surface area is 129 Å². The van der Waals surface area contributed by atoms with Crippen molar-refractivity contribution in [2.24, 2.45) is 0 Å². The monoisotopic (exact) mass is 286 g/mol. The largest absolute Gasteiger partial charge is 0.315 e. The Bertz CT molecular complexity index is 426. The molecule has 0 spiro atoms. The van der Waals surface area contributed by atoms with Gasteiger partial charge in [-0.1, -0.05) is 37.3 Å². The Hall–Kier alpha value is -0.860. The summed E-state index contributed by atoms with van der Waals surface area (Å²) in [6.07, 6.45) is 8.08. The third-order valence-electron chi connectivity index (χ3n) is 5.38. The smallest absolute Gasteiger partial charge is 0.0257 e. The van der Waals surface area contributed by atoms with Crippen LogP contribution in [0.4, 0.5) is 0 Å². The molecule has 1 N–H and O–H groups in total. The van der Waals surface area contributed by atoms with E-state index in [1.165, 1.54) is 45.1 Å². The first-order valence-corrected chi connectivity index (χ1v) is 8.81. The number of benzene rings is 1. The number of rotatable bonds is 6. The van der Waals surface area contributed by atoms with E-state index in [-0.39, 0.29) is 0 Å². The van der Waals surface area contributed by atoms with Crippen LogP contribution >= 0.6 is 0 Å². The highest BCUT2D eigenvalue weighted by Crippen LogP contribution is 2.39. The fourth-order valence-electron chi connectivity index (χ4n) is 4.16. The van der Waals surface area contributed by atoms with Crippen LogP contribution in [-0.4, -0.2) is 36.6 Å². The molecule has 3 rings (SSSR count). The highest BCUT2D eigenvalue weighted by Gasteiger charge is 2.39. The number of hydrogen-bond donors (Lipinski definition) is 1. The summed E-state index contributed by atoms with van der Waals surface area (Å²) >= 11 is 0. The molecule has 3 atom stereocenters. The molecule has 0 aromatic heterocycles. The summed E-state index contributed by atoms with van der Waals surface area (Å²) in [5.41, 5.74) is 1.55. The van der Waals surface area contributed by atoms with Gasteiger partial charge in [-0.25, -0.2) is 0 Å². The maximum absolute atomic E-state index is 3.61. The van der Waals surface area contributed by atoms with Gasteiger partial charge in [0.1, 0.15) is 0 Å². The molecule has 0 bridgehead atoms. The zero-order valence-corrected chi connectivity index (χ0v) is 13.6. The fraction of sp³-hybridized carbons (Fsp3) is 0.684. The third kappa shape index (κ3) is 3.49. The topological polar surface area (TPSA) is 15.3 Å². The molecule has 3 unspecified atom stereocenters. The molecule has 2 nitrogen and oxygen atoms in total. The van der Waals surface area contributed by atoms with Crippen LogP contribution in [-0.2, 0) is 0 Å². The molecule has 2 aliphatic carbocycles. The molecule has 0 aliphatic heterocycles. The molecule has 2 heteroatoms. The Morgan fingerprint density at radius 1 is 1.10 bits per heavy atom. The molecule has 2 aliphatic rings. The number of hydrogen-bond acceptors (Lipinski definition) is 2. The van der Waals surface area contributed by atoms with Crippen molar-refractivity contribution in [1.29, 1.82) is 0 Å². The van der Waals surface area contributed by atoms with Gasteiger partial charge in [-0.15, -0.1) is 0 Å². The molecule has 0 amide bonds. The van der Waals surface area contributed by atoms with Gasteiger partial charge in [0.25, 0.3) is 0 Å². The predicted octanol–water partition coefficient (Wildman–Crippen LogP) is 3.79. The van der Waals surface area contributed by atoms with Crippen molar-refractivity contribution in [1.82, 2.24) is 10.2 Å². The van der Waals surface area contributed by atoms with Gasteiger partial charge in [-0.2, -0.15) is 0 Å². The Balaban J connectivity index is 1.75. The van der Waals surface area contributed by atoms with E-state index in [1.54, 1.807) is 5.56 Å². The second-order valence-corrected chi connectivity index (χ2v) is 6.85. The molecule has 116 valence electrons. The summed E-state index contributed by atoms with van der Waals surface area (Å²) in [5.74, 6) is 0.749. The molecular formula is C19H30N2. The van der Waals surface area contributed by atoms with Gasteiger partial charge in [0.05, 0.1) is 0 Å². The molecule has 1 aromatic rings. The quantitative estimate of drug-likeness (QED) is 0.856. The van der Waals surface area contributed by atoms with E-state index in [9.17, 15) is 0 Å². The summed E-state index contributed by atoms with van der Waals surface area (Å²) < 4.78 is 0. The Kier molecular flexibility index (Phi) is 4.97. The minimum Gasteiger partial charge on any atom is -0.315 e. The van der Waals surface area contributed by atoms with Crippen molar-refractivity contribution in [3.63, 3.8) is 0 Å². The number of likely N-dealkylation sites (N-methyl/N-ethyl adjacent to an activating group) is 1. The van der Waals surface area contributed by atoms with Crippen molar-refractivity contribution in [2.45, 2.75) is 69.5 Å². The second kappa shape index (κ2) is 6.93. The van der Waals surface area contributed by atoms with Crippen LogP contribution in [0, 0.1) is 0 Å². The van der Waals surface area contributed by atoms with E-state index < -0.39 is 0 Å². The summed E-state index contributed by atoms with van der Waals surface area (Å²) in [6, 6.07) is 13.4. The maximum Gasteiger partial charge on any atom is 0.0257 e. The first-order valence-electron chi connectivity index (χ1n) is 8.81. The van der Waals surface area contributed by atoms with Crippen LogP contribution in [0.3, 0.4) is 0 Å². The lowest BCUT2D eigenvalue weighted by atomic mass is 9.78. The van der Waals surface area contributed by atoms with Crippen LogP contribution in [0.5, 0.6) is 0 Å². The normalized spacial score (nSPS) is 29.8. The van der Waals surface area contributed by atoms with Gasteiger partial charge < -0.3 is 5.32 Å². The number of nitrogens with zero attached hydrogens (tertiary/aromatic N) is 1. The lowest BCUT2D eigenvalue weighted by molar-refractivity contribution is 0.108. The summed E-state index contributed by atoms with van der Waals surface area (Å²) in [6.45, 7) is 3.59. The van der Waals surface area contributed by atoms with Gasteiger partial charge in [-0.05, 0) is 63.6 Å². The van der Waals surface area contributed by atoms with Gasteiger partial charge >= 0.3 is 0 Å². The SMILES string of the molecule is CCCN(C1CC1)C1CC(c2ccccc2)CCC1NC. The highest BCUT2D eigenvalue weighted by atomic mass is 15.2. The highest BCUT2D eigenvalue weighted by molar-refractivity contribution is 5.21. The minimum atomic E-state index is 0.678. The van der Waals surface area contributed by atoms with Crippen LogP contribution < -0.4 is 5.32 Å². The molecule has 1 aromatic carbocycles. The van der Waals surface area contributed by atoms with E-state index >= 15 is 0 Å². The average Bonchev–Trinajstić information content (AvgIpc) is 3.38. The first kappa shape index (κ1) is 15.1. The van der Waals surface area contributed by atoms with E-state index in [0.717, 1.165) is 18.0 Å². The molecule has 2 saturated carbocycles. The molecule has 0 heterocycles. The van der Waals surface area contributed by atoms with Gasteiger partial charge in [-0.3, -0.25) is 4.90 Å². The van der Waals surface area contributed by atoms with Crippen LogP contribution in [0.1, 0.15) is 56.9 Å². The van der Waals surface area contributed by atoms with Crippen molar-refractivity contribution in [3.8, 4) is 0 Å². The zero-order valence-electron chi connectivity index (χ0n) is 13.6. The van der Waals surface area contributed by atoms with E-state index in [4.69, 9.17) is 0 Å². The molecule has 2 fully saturated rings. The average molecular weight is 286 g/mol. The Morgan fingerprint density at radius 2 is 1.86 bits per heavy atom. The first-order chi connectivity index (χ1) is 10.3. The summed E-state index contributed by atoms with van der Waals surface area (Å²) in [5, 5.41) is 3.61. The standard InChI is InChI=1S/C19H30N2/c1-3-13-21(17-10-11-17)19-14-16(9-12-18(19)20-2)15-7-5-4-6-8-15/h4-8,16-20H,3,9-14H2,1-2H3. The van der Waals surface area contributed by atoms with Gasteiger partial charge in [0.2, 0.25) is 0 Å². The van der Waals surface area contributed by atoms with Gasteiger partial charge in [0, 0.05) is 18.1 Å². The van der Waals surface area contributed by atoms with Crippen LogP contribution in [0.2, 0.25) is 0 Å². The zero-order chi connectivity index (χ0) is 14.7. The molecule has 21 heavy (non-hydrogen) atoms. The van der Waals surface area contributed by atoms with Crippen LogP contribution in [0.15, 0.2) is 30.3 Å². The Morgan fingerprint density at radius 3 is 2.48 bits per heavy atom. The third-order valence-corrected chi connectivity index (χ3v) is 5.38. The van der Waals surface area contributed by atoms with Crippen molar-refractivity contribution < 1.29 is 0 Å². The molecule has 0 saturated heterocycles. The van der Waals surface area contributed by atoms with E-state index in [2.05, 4.69) is 54.5 Å². The summed E-state index contributed by atoms with van der Waals surface area (Å²) in [7, 11) is 2.15. The number of nitrogens with one attached hydrogen (secondary N) is 1. The van der Waals surface area contributed by atoms with Crippen molar-refractivity contribution >= 4 is 0 Å². The maximum atomic E-state index is 3.61. The summed E-state index contributed by atoms with van der Waals surface area (Å²) in [4.78, 5) is 2.83. The fourth-order valence-corrected chi connectivity index (χ4v) is 4.16. The minimum absolute atomic E-state index is 0.678. The molecule has 0 radical (unpaired) electrons. The predicted molar refractivity (Wildman–Crippen MR) is 89.7 cm³/mol. The van der Waals surface area contributed by atoms with E-state index in [1.807, 2.05) is 0 Å². The van der Waals surface area contributed by atoms with Crippen LogP contribution in [0.25, 0.3) is 0 Å². The van der Waals surface area contributed by atoms with Crippen molar-refractivity contribution in [3.05, 3.63) is 35.9 Å².